The van der Waals surface area contributed by atoms with Crippen LogP contribution in [0.3, 0.4) is 0 Å². The molecule has 0 spiro atoms. The number of halogens is 2. The van der Waals surface area contributed by atoms with Gasteiger partial charge in [0.15, 0.2) is 0 Å². The number of rotatable bonds is 3. The maximum atomic E-state index is 11.5. The monoisotopic (exact) mass is 361 g/mol. The Morgan fingerprint density at radius 2 is 1.15 bits per heavy atom. The van der Waals surface area contributed by atoms with Crippen LogP contribution in [0.5, 0.6) is 0 Å². The standard InChI is InChI=1S/C9H9Cl2NO6S2/c1-4-7(12(13)14)5(2)9(20(11,17)18)6(3)8(4)19(10,15)16/h1-3H3. The van der Waals surface area contributed by atoms with Gasteiger partial charge >= 0.3 is 0 Å². The molecule has 20 heavy (non-hydrogen) atoms. The SMILES string of the molecule is Cc1c([N+](=O)[O-])c(C)c(S(=O)(=O)Cl)c(C)c1S(=O)(=O)Cl. The van der Waals surface area contributed by atoms with E-state index in [1.807, 2.05) is 0 Å². The third kappa shape index (κ3) is 2.90. The van der Waals surface area contributed by atoms with E-state index in [1.165, 1.54) is 20.8 Å². The molecule has 0 saturated carbocycles. The molecule has 0 unspecified atom stereocenters. The highest BCUT2D eigenvalue weighted by atomic mass is 35.7. The van der Waals surface area contributed by atoms with Gasteiger partial charge in [0.25, 0.3) is 23.8 Å². The fraction of sp³-hybridized carbons (Fsp3) is 0.333. The predicted octanol–water partition coefficient (Wildman–Crippen LogP) is 2.38. The van der Waals surface area contributed by atoms with E-state index in [9.17, 15) is 26.9 Å². The lowest BCUT2D eigenvalue weighted by Gasteiger charge is -2.14. The van der Waals surface area contributed by atoms with Crippen molar-refractivity contribution >= 4 is 45.2 Å². The number of benzene rings is 1. The van der Waals surface area contributed by atoms with Gasteiger partial charge in [-0.05, 0) is 26.3 Å². The molecule has 1 aromatic rings. The Morgan fingerprint density at radius 3 is 1.35 bits per heavy atom. The van der Waals surface area contributed by atoms with Gasteiger partial charge in [0, 0.05) is 32.5 Å². The predicted molar refractivity (Wildman–Crippen MR) is 73.4 cm³/mol. The second-order valence-corrected chi connectivity index (χ2v) is 9.02. The number of hydrogen-bond acceptors (Lipinski definition) is 6. The molecule has 0 atom stereocenters. The molecule has 0 aliphatic carbocycles. The van der Waals surface area contributed by atoms with Gasteiger partial charge in [-0.3, -0.25) is 10.1 Å². The molecule has 7 nitrogen and oxygen atoms in total. The summed E-state index contributed by atoms with van der Waals surface area (Å²) in [6.07, 6.45) is 0. The van der Waals surface area contributed by atoms with Crippen LogP contribution in [0.4, 0.5) is 5.69 Å². The summed E-state index contributed by atoms with van der Waals surface area (Å²) in [6.45, 7) is 3.53. The number of nitrogens with zero attached hydrogens (tertiary/aromatic N) is 1. The molecule has 0 bridgehead atoms. The zero-order valence-electron chi connectivity index (χ0n) is 10.5. The Labute approximate surface area is 124 Å². The molecule has 0 aliphatic heterocycles. The summed E-state index contributed by atoms with van der Waals surface area (Å²) < 4.78 is 46.2. The second kappa shape index (κ2) is 5.14. The Morgan fingerprint density at radius 1 is 0.850 bits per heavy atom. The molecule has 0 radical (unpaired) electrons. The van der Waals surface area contributed by atoms with Crippen LogP contribution < -0.4 is 0 Å². The van der Waals surface area contributed by atoms with E-state index in [-0.39, 0.29) is 16.7 Å². The van der Waals surface area contributed by atoms with Crippen molar-refractivity contribution in [1.82, 2.24) is 0 Å². The normalized spacial score (nSPS) is 12.4. The average molecular weight is 362 g/mol. The Bertz CT molecular complexity index is 754. The van der Waals surface area contributed by atoms with Gasteiger partial charge in [0.2, 0.25) is 0 Å². The number of nitro groups is 1. The minimum Gasteiger partial charge on any atom is -0.258 e. The van der Waals surface area contributed by atoms with Crippen molar-refractivity contribution in [3.63, 3.8) is 0 Å². The van der Waals surface area contributed by atoms with Crippen LogP contribution in [-0.2, 0) is 18.1 Å². The van der Waals surface area contributed by atoms with E-state index >= 15 is 0 Å². The molecule has 0 aliphatic rings. The summed E-state index contributed by atoms with van der Waals surface area (Å²) in [4.78, 5) is 8.94. The average Bonchev–Trinajstić information content (AvgIpc) is 2.09. The molecule has 0 aromatic heterocycles. The van der Waals surface area contributed by atoms with Gasteiger partial charge in [-0.2, -0.15) is 0 Å². The summed E-state index contributed by atoms with van der Waals surface area (Å²) >= 11 is 0. The first-order valence-electron chi connectivity index (χ1n) is 4.97. The summed E-state index contributed by atoms with van der Waals surface area (Å²) in [7, 11) is 1.71. The summed E-state index contributed by atoms with van der Waals surface area (Å²) in [6, 6.07) is 0. The largest absolute Gasteiger partial charge is 0.277 e. The lowest BCUT2D eigenvalue weighted by atomic mass is 10.0. The molecule has 112 valence electrons. The highest BCUT2D eigenvalue weighted by Crippen LogP contribution is 2.39. The first-order valence-corrected chi connectivity index (χ1v) is 9.59. The lowest BCUT2D eigenvalue weighted by molar-refractivity contribution is -0.386. The minimum absolute atomic E-state index is 0.232. The zero-order chi connectivity index (χ0) is 16.0. The van der Waals surface area contributed by atoms with Crippen LogP contribution in [0.1, 0.15) is 16.7 Å². The van der Waals surface area contributed by atoms with Crippen molar-refractivity contribution < 1.29 is 21.8 Å². The molecular formula is C9H9Cl2NO6S2. The zero-order valence-corrected chi connectivity index (χ0v) is 13.6. The van der Waals surface area contributed by atoms with Crippen LogP contribution in [0, 0.1) is 30.9 Å². The van der Waals surface area contributed by atoms with Gasteiger partial charge in [0.1, 0.15) is 0 Å². The van der Waals surface area contributed by atoms with E-state index in [0.29, 0.717) is 0 Å². The van der Waals surface area contributed by atoms with Crippen LogP contribution in [0.15, 0.2) is 9.79 Å². The van der Waals surface area contributed by atoms with Crippen molar-refractivity contribution in [3.8, 4) is 0 Å². The molecule has 0 saturated heterocycles. The van der Waals surface area contributed by atoms with Crippen LogP contribution in [-0.4, -0.2) is 21.8 Å². The van der Waals surface area contributed by atoms with Crippen LogP contribution >= 0.6 is 21.4 Å². The van der Waals surface area contributed by atoms with E-state index in [2.05, 4.69) is 0 Å². The van der Waals surface area contributed by atoms with E-state index in [1.54, 1.807) is 0 Å². The summed E-state index contributed by atoms with van der Waals surface area (Å²) in [5.74, 6) is 0. The number of hydrogen-bond donors (Lipinski definition) is 0. The fourth-order valence-corrected chi connectivity index (χ4v) is 5.48. The first kappa shape index (κ1) is 17.2. The molecule has 1 rings (SSSR count). The first-order chi connectivity index (χ1) is 8.80. The molecule has 0 N–H and O–H groups in total. The smallest absolute Gasteiger partial charge is 0.258 e. The quantitative estimate of drug-likeness (QED) is 0.464. The molecule has 11 heteroatoms. The highest BCUT2D eigenvalue weighted by Gasteiger charge is 2.33. The third-order valence-electron chi connectivity index (χ3n) is 2.74. The number of nitro benzene ring substituents is 1. The Hall–Kier alpha value is -0.900. The minimum atomic E-state index is -4.38. The lowest BCUT2D eigenvalue weighted by Crippen LogP contribution is -2.10. The molecule has 0 heterocycles. The van der Waals surface area contributed by atoms with Crippen LogP contribution in [0.25, 0.3) is 0 Å². The summed E-state index contributed by atoms with van der Waals surface area (Å²) in [5, 5.41) is 11.0. The van der Waals surface area contributed by atoms with E-state index in [0.717, 1.165) is 0 Å². The van der Waals surface area contributed by atoms with Crippen molar-refractivity contribution in [3.05, 3.63) is 26.8 Å². The second-order valence-electron chi connectivity index (χ2n) is 4.01. The topological polar surface area (TPSA) is 111 Å². The van der Waals surface area contributed by atoms with E-state index < -0.39 is 38.5 Å². The fourth-order valence-electron chi connectivity index (χ4n) is 2.17. The van der Waals surface area contributed by atoms with Crippen molar-refractivity contribution in [1.29, 1.82) is 0 Å². The van der Waals surface area contributed by atoms with Crippen molar-refractivity contribution in [2.24, 2.45) is 0 Å². The third-order valence-corrected chi connectivity index (χ3v) is 5.87. The highest BCUT2D eigenvalue weighted by molar-refractivity contribution is 8.14. The summed E-state index contributed by atoms with van der Waals surface area (Å²) in [5.41, 5.74) is -1.35. The van der Waals surface area contributed by atoms with Crippen LogP contribution in [0.2, 0.25) is 0 Å². The maximum absolute atomic E-state index is 11.5. The van der Waals surface area contributed by atoms with Crippen molar-refractivity contribution in [2.75, 3.05) is 0 Å². The Balaban J connectivity index is 4.22. The van der Waals surface area contributed by atoms with Gasteiger partial charge in [-0.15, -0.1) is 0 Å². The Kier molecular flexibility index (Phi) is 4.41. The van der Waals surface area contributed by atoms with Gasteiger partial charge in [0.05, 0.1) is 14.7 Å². The molecule has 1 aromatic carbocycles. The van der Waals surface area contributed by atoms with Gasteiger partial charge < -0.3 is 0 Å². The van der Waals surface area contributed by atoms with Crippen molar-refractivity contribution in [2.45, 2.75) is 30.6 Å². The molecule has 0 amide bonds. The van der Waals surface area contributed by atoms with Gasteiger partial charge in [-0.1, -0.05) is 0 Å². The molecule has 0 fully saturated rings. The van der Waals surface area contributed by atoms with E-state index in [4.69, 9.17) is 21.4 Å². The van der Waals surface area contributed by atoms with Gasteiger partial charge in [-0.25, -0.2) is 16.8 Å². The molecular weight excluding hydrogens is 353 g/mol. The maximum Gasteiger partial charge on any atom is 0.277 e.